The number of para-hydroxylation sites is 2. The van der Waals surface area contributed by atoms with Crippen LogP contribution in [0, 0.1) is 6.92 Å². The van der Waals surface area contributed by atoms with E-state index in [0.717, 1.165) is 22.6 Å². The maximum atomic E-state index is 11.9. The molecule has 0 aromatic heterocycles. The molecule has 0 spiro atoms. The summed E-state index contributed by atoms with van der Waals surface area (Å²) in [6.07, 6.45) is 0. The van der Waals surface area contributed by atoms with Gasteiger partial charge >= 0.3 is 0 Å². The average molecular weight is 297 g/mol. The second-order valence-electron chi connectivity index (χ2n) is 5.40. The van der Waals surface area contributed by atoms with Gasteiger partial charge in [0.15, 0.2) is 6.61 Å². The molecule has 0 bridgehead atoms. The fourth-order valence-electron chi connectivity index (χ4n) is 2.55. The first-order valence-electron chi connectivity index (χ1n) is 7.41. The molecule has 1 aliphatic rings. The zero-order valence-corrected chi connectivity index (χ0v) is 12.5. The minimum Gasteiger partial charge on any atom is -0.493 e. The van der Waals surface area contributed by atoms with E-state index >= 15 is 0 Å². The van der Waals surface area contributed by atoms with Crippen LogP contribution in [0.1, 0.15) is 17.0 Å². The molecule has 1 amide bonds. The van der Waals surface area contributed by atoms with Crippen molar-refractivity contribution in [3.05, 3.63) is 59.7 Å². The van der Waals surface area contributed by atoms with Crippen molar-refractivity contribution in [1.82, 2.24) is 5.32 Å². The molecule has 1 atom stereocenters. The first-order valence-corrected chi connectivity index (χ1v) is 7.41. The summed E-state index contributed by atoms with van der Waals surface area (Å²) in [6.45, 7) is 3.16. The second kappa shape index (κ2) is 6.52. The summed E-state index contributed by atoms with van der Waals surface area (Å²) >= 11 is 0. The highest BCUT2D eigenvalue weighted by molar-refractivity contribution is 5.77. The van der Waals surface area contributed by atoms with Crippen LogP contribution < -0.4 is 14.8 Å². The Balaban J connectivity index is 1.48. The minimum absolute atomic E-state index is 0.0279. The molecule has 0 saturated carbocycles. The van der Waals surface area contributed by atoms with Gasteiger partial charge in [-0.25, -0.2) is 0 Å². The lowest BCUT2D eigenvalue weighted by Crippen LogP contribution is -2.33. The smallest absolute Gasteiger partial charge is 0.257 e. The van der Waals surface area contributed by atoms with Gasteiger partial charge in [0.25, 0.3) is 5.91 Å². The molecular formula is C18H19NO3. The Morgan fingerprint density at radius 1 is 1.23 bits per heavy atom. The third kappa shape index (κ3) is 3.22. The van der Waals surface area contributed by atoms with E-state index < -0.39 is 0 Å². The number of amides is 1. The number of fused-ring (bicyclic) bond motifs is 1. The summed E-state index contributed by atoms with van der Waals surface area (Å²) in [5, 5.41) is 2.91. The third-order valence-electron chi connectivity index (χ3n) is 3.80. The molecule has 1 heterocycles. The second-order valence-corrected chi connectivity index (χ2v) is 5.40. The highest BCUT2D eigenvalue weighted by Gasteiger charge is 2.23. The molecule has 0 aliphatic carbocycles. The maximum absolute atomic E-state index is 11.9. The summed E-state index contributed by atoms with van der Waals surface area (Å²) in [5.41, 5.74) is 2.18. The Bertz CT molecular complexity index is 669. The third-order valence-corrected chi connectivity index (χ3v) is 3.80. The topological polar surface area (TPSA) is 47.6 Å². The van der Waals surface area contributed by atoms with Crippen LogP contribution in [0.15, 0.2) is 48.5 Å². The van der Waals surface area contributed by atoms with Crippen LogP contribution in [-0.4, -0.2) is 25.7 Å². The van der Waals surface area contributed by atoms with Crippen molar-refractivity contribution in [2.24, 2.45) is 0 Å². The molecule has 3 rings (SSSR count). The zero-order valence-electron chi connectivity index (χ0n) is 12.5. The quantitative estimate of drug-likeness (QED) is 0.923. The summed E-state index contributed by atoms with van der Waals surface area (Å²) in [7, 11) is 0. The number of nitrogens with one attached hydrogen (secondary N) is 1. The Morgan fingerprint density at radius 2 is 2.00 bits per heavy atom. The van der Waals surface area contributed by atoms with E-state index in [2.05, 4.69) is 5.32 Å². The fraction of sp³-hybridized carbons (Fsp3) is 0.278. The van der Waals surface area contributed by atoms with Crippen molar-refractivity contribution in [1.29, 1.82) is 0 Å². The van der Waals surface area contributed by atoms with Crippen molar-refractivity contribution in [3.8, 4) is 11.5 Å². The van der Waals surface area contributed by atoms with Gasteiger partial charge < -0.3 is 14.8 Å². The molecule has 0 saturated heterocycles. The summed E-state index contributed by atoms with van der Waals surface area (Å²) in [5.74, 6) is 1.75. The SMILES string of the molecule is Cc1ccccc1OCC(=O)NCC1COc2ccccc21. The van der Waals surface area contributed by atoms with Gasteiger partial charge in [0.1, 0.15) is 11.5 Å². The number of carbonyl (C=O) groups is 1. The number of benzene rings is 2. The first-order chi connectivity index (χ1) is 10.7. The van der Waals surface area contributed by atoms with E-state index in [1.807, 2.05) is 55.5 Å². The number of ether oxygens (including phenoxy) is 2. The van der Waals surface area contributed by atoms with Crippen LogP contribution >= 0.6 is 0 Å². The van der Waals surface area contributed by atoms with Crippen molar-refractivity contribution in [2.45, 2.75) is 12.8 Å². The lowest BCUT2D eigenvalue weighted by atomic mass is 10.0. The number of aryl methyl sites for hydroxylation is 1. The van der Waals surface area contributed by atoms with E-state index in [4.69, 9.17) is 9.47 Å². The van der Waals surface area contributed by atoms with Crippen LogP contribution in [-0.2, 0) is 4.79 Å². The van der Waals surface area contributed by atoms with E-state index in [1.54, 1.807) is 0 Å². The Hall–Kier alpha value is -2.49. The molecule has 22 heavy (non-hydrogen) atoms. The van der Waals surface area contributed by atoms with Crippen molar-refractivity contribution in [3.63, 3.8) is 0 Å². The van der Waals surface area contributed by atoms with Crippen LogP contribution in [0.5, 0.6) is 11.5 Å². The first kappa shape index (κ1) is 14.4. The van der Waals surface area contributed by atoms with Crippen molar-refractivity contribution < 1.29 is 14.3 Å². The highest BCUT2D eigenvalue weighted by Crippen LogP contribution is 2.32. The molecular weight excluding hydrogens is 278 g/mol. The predicted octanol–water partition coefficient (Wildman–Crippen LogP) is 2.67. The monoisotopic (exact) mass is 297 g/mol. The van der Waals surface area contributed by atoms with E-state index in [0.29, 0.717) is 13.2 Å². The molecule has 1 aliphatic heterocycles. The summed E-state index contributed by atoms with van der Waals surface area (Å²) in [6, 6.07) is 15.6. The van der Waals surface area contributed by atoms with Gasteiger partial charge in [-0.3, -0.25) is 4.79 Å². The number of rotatable bonds is 5. The van der Waals surface area contributed by atoms with E-state index in [-0.39, 0.29) is 18.4 Å². The van der Waals surface area contributed by atoms with Gasteiger partial charge in [-0.2, -0.15) is 0 Å². The molecule has 0 fully saturated rings. The molecule has 1 unspecified atom stereocenters. The molecule has 2 aromatic rings. The highest BCUT2D eigenvalue weighted by atomic mass is 16.5. The largest absolute Gasteiger partial charge is 0.493 e. The van der Waals surface area contributed by atoms with Crippen molar-refractivity contribution in [2.75, 3.05) is 19.8 Å². The predicted molar refractivity (Wildman–Crippen MR) is 84.4 cm³/mol. The van der Waals surface area contributed by atoms with Gasteiger partial charge in [0.05, 0.1) is 6.61 Å². The lowest BCUT2D eigenvalue weighted by Gasteiger charge is -2.12. The normalized spacial score (nSPS) is 15.8. The van der Waals surface area contributed by atoms with E-state index in [1.165, 1.54) is 0 Å². The van der Waals surface area contributed by atoms with Crippen LogP contribution in [0.25, 0.3) is 0 Å². The van der Waals surface area contributed by atoms with Crippen LogP contribution in [0.4, 0.5) is 0 Å². The van der Waals surface area contributed by atoms with Crippen molar-refractivity contribution >= 4 is 5.91 Å². The van der Waals surface area contributed by atoms with Crippen LogP contribution in [0.2, 0.25) is 0 Å². The van der Waals surface area contributed by atoms with E-state index in [9.17, 15) is 4.79 Å². The van der Waals surface area contributed by atoms with Gasteiger partial charge in [-0.1, -0.05) is 36.4 Å². The molecule has 4 nitrogen and oxygen atoms in total. The Labute approximate surface area is 130 Å². The molecule has 4 heteroatoms. The maximum Gasteiger partial charge on any atom is 0.257 e. The van der Waals surface area contributed by atoms with Gasteiger partial charge in [-0.15, -0.1) is 0 Å². The Kier molecular flexibility index (Phi) is 4.28. The molecule has 114 valence electrons. The Morgan fingerprint density at radius 3 is 2.86 bits per heavy atom. The molecule has 1 N–H and O–H groups in total. The minimum atomic E-state index is -0.118. The summed E-state index contributed by atoms with van der Waals surface area (Å²) < 4.78 is 11.1. The van der Waals surface area contributed by atoms with Crippen LogP contribution in [0.3, 0.4) is 0 Å². The summed E-state index contributed by atoms with van der Waals surface area (Å²) in [4.78, 5) is 11.9. The lowest BCUT2D eigenvalue weighted by molar-refractivity contribution is -0.123. The van der Waals surface area contributed by atoms with Gasteiger partial charge in [0.2, 0.25) is 0 Å². The molecule has 2 aromatic carbocycles. The van der Waals surface area contributed by atoms with Gasteiger partial charge in [0, 0.05) is 18.0 Å². The number of hydrogen-bond donors (Lipinski definition) is 1. The fourth-order valence-corrected chi connectivity index (χ4v) is 2.55. The number of hydrogen-bond acceptors (Lipinski definition) is 3. The standard InChI is InChI=1S/C18H19NO3/c1-13-6-2-4-8-16(13)22-12-18(20)19-10-14-11-21-17-9-5-3-7-15(14)17/h2-9,14H,10-12H2,1H3,(H,19,20). The molecule has 0 radical (unpaired) electrons. The zero-order chi connectivity index (χ0) is 15.4. The number of carbonyl (C=O) groups excluding carboxylic acids is 1. The van der Waals surface area contributed by atoms with Gasteiger partial charge in [-0.05, 0) is 24.6 Å². The average Bonchev–Trinajstić information content (AvgIpc) is 2.95.